The third-order valence-corrected chi connectivity index (χ3v) is 1.71. The summed E-state index contributed by atoms with van der Waals surface area (Å²) in [5.74, 6) is 1.11. The van der Waals surface area contributed by atoms with Crippen LogP contribution in [0.15, 0.2) is 24.3 Å². The van der Waals surface area contributed by atoms with Gasteiger partial charge in [-0.2, -0.15) is 0 Å². The predicted molar refractivity (Wildman–Crippen MR) is 58.1 cm³/mol. The summed E-state index contributed by atoms with van der Waals surface area (Å²) in [6, 6.07) is 7.55. The molecule has 0 bridgehead atoms. The zero-order valence-electron chi connectivity index (χ0n) is 9.24. The first-order valence-corrected chi connectivity index (χ1v) is 4.90. The van der Waals surface area contributed by atoms with Crippen LogP contribution in [0.1, 0.15) is 39.2 Å². The number of hydrogen-bond acceptors (Lipinski definition) is 2. The maximum absolute atomic E-state index is 8.23. The van der Waals surface area contributed by atoms with E-state index in [1.54, 1.807) is 18.4 Å². The van der Waals surface area contributed by atoms with E-state index < -0.39 is 0 Å². The summed E-state index contributed by atoms with van der Waals surface area (Å²) in [5.41, 5.74) is 1.25. The molecule has 0 radical (unpaired) electrons. The molecule has 1 aromatic carbocycles. The lowest BCUT2D eigenvalue weighted by Gasteiger charge is -2.04. The van der Waals surface area contributed by atoms with Crippen molar-refractivity contribution in [2.24, 2.45) is 0 Å². The predicted octanol–water partition coefficient (Wildman–Crippen LogP) is 3.70. The molecule has 0 atom stereocenters. The molecule has 0 aromatic heterocycles. The normalized spacial score (nSPS) is 8.57. The van der Waals surface area contributed by atoms with Crippen molar-refractivity contribution < 1.29 is 4.74 Å². The molecule has 0 unspecified atom stereocenters. The van der Waals surface area contributed by atoms with E-state index in [4.69, 9.17) is 5.26 Å². The second-order valence-corrected chi connectivity index (χ2v) is 2.92. The summed E-state index contributed by atoms with van der Waals surface area (Å²) in [6.07, 6.45) is 1.63. The molecule has 0 amide bonds. The molecule has 1 rings (SSSR count). The molecule has 1 aromatic rings. The van der Waals surface area contributed by atoms with Crippen LogP contribution in [-0.4, -0.2) is 0 Å². The average Bonchev–Trinajstić information content (AvgIpc) is 2.22. The Bertz CT molecular complexity index is 282. The van der Waals surface area contributed by atoms with Crippen LogP contribution < -0.4 is 4.74 Å². The second kappa shape index (κ2) is 6.97. The molecule has 0 heterocycles. The molecule has 14 heavy (non-hydrogen) atoms. The smallest absolute Gasteiger partial charge is 0.292 e. The van der Waals surface area contributed by atoms with E-state index in [0.29, 0.717) is 11.7 Å². The van der Waals surface area contributed by atoms with Crippen molar-refractivity contribution in [3.8, 4) is 12.0 Å². The number of rotatable bonds is 2. The number of hydrogen-bond donors (Lipinski definition) is 0. The highest BCUT2D eigenvalue weighted by Crippen LogP contribution is 2.18. The monoisotopic (exact) mass is 191 g/mol. The van der Waals surface area contributed by atoms with Gasteiger partial charge in [0.1, 0.15) is 5.75 Å². The molecular weight excluding hydrogens is 174 g/mol. The van der Waals surface area contributed by atoms with Crippen LogP contribution in [0.2, 0.25) is 0 Å². The van der Waals surface area contributed by atoms with Crippen molar-refractivity contribution in [1.29, 1.82) is 5.26 Å². The Hall–Kier alpha value is -1.49. The largest absolute Gasteiger partial charge is 0.388 e. The molecule has 76 valence electrons. The van der Waals surface area contributed by atoms with Gasteiger partial charge in [0.05, 0.1) is 0 Å². The molecule has 0 saturated heterocycles. The van der Waals surface area contributed by atoms with E-state index in [-0.39, 0.29) is 0 Å². The van der Waals surface area contributed by atoms with E-state index in [1.807, 2.05) is 26.0 Å². The first-order chi connectivity index (χ1) is 6.74. The minimum atomic E-state index is 0.515. The summed E-state index contributed by atoms with van der Waals surface area (Å²) in [4.78, 5) is 0. The minimum absolute atomic E-state index is 0.515. The molecule has 2 heteroatoms. The van der Waals surface area contributed by atoms with E-state index in [9.17, 15) is 0 Å². The first-order valence-electron chi connectivity index (χ1n) is 4.90. The highest BCUT2D eigenvalue weighted by Gasteiger charge is 1.98. The third kappa shape index (κ3) is 3.95. The molecule has 0 fully saturated rings. The molecule has 0 saturated carbocycles. The fourth-order valence-electron chi connectivity index (χ4n) is 0.973. The van der Waals surface area contributed by atoms with E-state index in [1.165, 1.54) is 5.56 Å². The zero-order valence-corrected chi connectivity index (χ0v) is 9.24. The number of nitrogens with zero attached hydrogens (tertiary/aromatic N) is 1. The van der Waals surface area contributed by atoms with Crippen molar-refractivity contribution >= 4 is 0 Å². The van der Waals surface area contributed by atoms with Crippen LogP contribution >= 0.6 is 0 Å². The van der Waals surface area contributed by atoms with Crippen molar-refractivity contribution in [2.45, 2.75) is 33.6 Å². The van der Waals surface area contributed by atoms with Crippen LogP contribution in [0.3, 0.4) is 0 Å². The minimum Gasteiger partial charge on any atom is -0.388 e. The highest BCUT2D eigenvalue weighted by molar-refractivity contribution is 5.29. The highest BCUT2D eigenvalue weighted by atomic mass is 16.5. The van der Waals surface area contributed by atoms with Crippen molar-refractivity contribution in [2.75, 3.05) is 0 Å². The Balaban J connectivity index is 0.000000791. The van der Waals surface area contributed by atoms with Gasteiger partial charge in [0.15, 0.2) is 0 Å². The maximum Gasteiger partial charge on any atom is 0.292 e. The maximum atomic E-state index is 8.23. The first kappa shape index (κ1) is 12.5. The summed E-state index contributed by atoms with van der Waals surface area (Å²) >= 11 is 0. The topological polar surface area (TPSA) is 33.0 Å². The lowest BCUT2D eigenvalue weighted by Crippen LogP contribution is -1.87. The van der Waals surface area contributed by atoms with Gasteiger partial charge in [-0.25, -0.2) is 0 Å². The van der Waals surface area contributed by atoms with Crippen LogP contribution in [0, 0.1) is 11.5 Å². The SMILES string of the molecule is CC.CC(C)c1ccc(OC#N)cc1. The summed E-state index contributed by atoms with van der Waals surface area (Å²) in [5, 5.41) is 8.23. The van der Waals surface area contributed by atoms with E-state index >= 15 is 0 Å². The number of nitriles is 1. The van der Waals surface area contributed by atoms with Crippen molar-refractivity contribution in [3.63, 3.8) is 0 Å². The van der Waals surface area contributed by atoms with Gasteiger partial charge in [-0.15, -0.1) is 5.26 Å². The lowest BCUT2D eigenvalue weighted by molar-refractivity contribution is 0.507. The Morgan fingerprint density at radius 1 is 1.14 bits per heavy atom. The van der Waals surface area contributed by atoms with Gasteiger partial charge < -0.3 is 4.74 Å². The Labute approximate surface area is 86.1 Å². The Morgan fingerprint density at radius 2 is 1.64 bits per heavy atom. The third-order valence-electron chi connectivity index (χ3n) is 1.71. The fourth-order valence-corrected chi connectivity index (χ4v) is 0.973. The molecule has 0 aliphatic carbocycles. The average molecular weight is 191 g/mol. The van der Waals surface area contributed by atoms with Gasteiger partial charge in [0.25, 0.3) is 6.26 Å². The number of benzene rings is 1. The van der Waals surface area contributed by atoms with Gasteiger partial charge in [-0.1, -0.05) is 39.8 Å². The zero-order chi connectivity index (χ0) is 11.0. The summed E-state index contributed by atoms with van der Waals surface area (Å²) < 4.78 is 4.65. The standard InChI is InChI=1S/C10H11NO.C2H6/c1-8(2)9-3-5-10(6-4-9)12-7-11;1-2/h3-6,8H,1-2H3;1-2H3. The van der Waals surface area contributed by atoms with E-state index in [0.717, 1.165) is 0 Å². The second-order valence-electron chi connectivity index (χ2n) is 2.92. The molecule has 0 aliphatic heterocycles. The molecular formula is C12H17NO. The number of ether oxygens (including phenoxy) is 1. The summed E-state index contributed by atoms with van der Waals surface area (Å²) in [6.45, 7) is 8.25. The molecule has 0 N–H and O–H groups in total. The van der Waals surface area contributed by atoms with Crippen molar-refractivity contribution in [3.05, 3.63) is 29.8 Å². The molecule has 0 spiro atoms. The van der Waals surface area contributed by atoms with Crippen LogP contribution in [0.25, 0.3) is 0 Å². The lowest BCUT2D eigenvalue weighted by atomic mass is 10.0. The Kier molecular flexibility index (Phi) is 6.22. The van der Waals surface area contributed by atoms with Gasteiger partial charge in [-0.05, 0) is 23.6 Å². The van der Waals surface area contributed by atoms with Gasteiger partial charge in [0.2, 0.25) is 0 Å². The van der Waals surface area contributed by atoms with E-state index in [2.05, 4.69) is 18.6 Å². The van der Waals surface area contributed by atoms with Gasteiger partial charge >= 0.3 is 0 Å². The van der Waals surface area contributed by atoms with Crippen LogP contribution in [0.4, 0.5) is 0 Å². The van der Waals surface area contributed by atoms with Crippen molar-refractivity contribution in [1.82, 2.24) is 0 Å². The fraction of sp³-hybridized carbons (Fsp3) is 0.417. The summed E-state index contributed by atoms with van der Waals surface area (Å²) in [7, 11) is 0. The van der Waals surface area contributed by atoms with Crippen LogP contribution in [0.5, 0.6) is 5.75 Å². The van der Waals surface area contributed by atoms with Crippen LogP contribution in [-0.2, 0) is 0 Å². The molecule has 0 aliphatic rings. The van der Waals surface area contributed by atoms with Gasteiger partial charge in [0, 0.05) is 0 Å². The quantitative estimate of drug-likeness (QED) is 0.668. The van der Waals surface area contributed by atoms with Gasteiger partial charge in [-0.3, -0.25) is 0 Å². The Morgan fingerprint density at radius 3 is 2.00 bits per heavy atom. The molecule has 2 nitrogen and oxygen atoms in total.